The number of nitro groups is 1. The molecule has 0 aliphatic carbocycles. The molecule has 2 N–H and O–H groups in total. The predicted molar refractivity (Wildman–Crippen MR) is 165 cm³/mol. The second-order valence-electron chi connectivity index (χ2n) is 10.8. The van der Waals surface area contributed by atoms with Gasteiger partial charge in [-0.25, -0.2) is 8.42 Å². The van der Waals surface area contributed by atoms with E-state index in [0.29, 0.717) is 36.4 Å². The van der Waals surface area contributed by atoms with E-state index in [4.69, 9.17) is 4.74 Å². The van der Waals surface area contributed by atoms with Crippen LogP contribution in [0, 0.1) is 10.1 Å². The molecule has 2 atom stereocenters. The van der Waals surface area contributed by atoms with Gasteiger partial charge in [0.2, 0.25) is 10.0 Å². The Hall–Kier alpha value is -3.40. The van der Waals surface area contributed by atoms with E-state index in [1.165, 1.54) is 22.5 Å². The molecule has 2 aliphatic heterocycles. The lowest BCUT2D eigenvalue weighted by molar-refractivity contribution is -0.385. The number of ether oxygens (including phenoxy) is 1. The Kier molecular flexibility index (Phi) is 9.97. The summed E-state index contributed by atoms with van der Waals surface area (Å²) in [5.74, 6) is 0.314. The summed E-state index contributed by atoms with van der Waals surface area (Å²) in [6.45, 7) is 2.36. The Bertz CT molecular complexity index is 1610. The second kappa shape index (κ2) is 13.7. The molecule has 44 heavy (non-hydrogen) atoms. The van der Waals surface area contributed by atoms with Crippen LogP contribution in [0.2, 0.25) is 0 Å². The highest BCUT2D eigenvalue weighted by molar-refractivity contribution is 9.10. The first-order valence-electron chi connectivity index (χ1n) is 14.1. The number of aliphatic hydroxyl groups excluding tert-OH is 2. The van der Waals surface area contributed by atoms with Gasteiger partial charge in [-0.1, -0.05) is 34.1 Å². The fraction of sp³-hybridized carbons (Fsp3) is 0.367. The molecule has 0 radical (unpaired) electrons. The van der Waals surface area contributed by atoms with Crippen molar-refractivity contribution in [2.75, 3.05) is 45.8 Å². The summed E-state index contributed by atoms with van der Waals surface area (Å²) < 4.78 is 34.2. The van der Waals surface area contributed by atoms with Gasteiger partial charge in [0.1, 0.15) is 12.4 Å². The minimum Gasteiger partial charge on any atom is -0.489 e. The molecule has 5 rings (SSSR count). The number of carbonyl (C=O) groups is 1. The summed E-state index contributed by atoms with van der Waals surface area (Å²) in [6.07, 6.45) is -0.480. The van der Waals surface area contributed by atoms with Gasteiger partial charge in [0.25, 0.3) is 11.6 Å². The van der Waals surface area contributed by atoms with Crippen molar-refractivity contribution in [2.45, 2.75) is 30.1 Å². The molecule has 2 saturated heterocycles. The van der Waals surface area contributed by atoms with Gasteiger partial charge >= 0.3 is 0 Å². The summed E-state index contributed by atoms with van der Waals surface area (Å²) in [5.41, 5.74) is 1.61. The van der Waals surface area contributed by atoms with Gasteiger partial charge < -0.3 is 19.8 Å². The Labute approximate surface area is 263 Å². The van der Waals surface area contributed by atoms with Crippen molar-refractivity contribution in [1.29, 1.82) is 0 Å². The van der Waals surface area contributed by atoms with Crippen LogP contribution in [0.25, 0.3) is 0 Å². The average Bonchev–Trinajstić information content (AvgIpc) is 3.44. The molecule has 0 spiro atoms. The van der Waals surface area contributed by atoms with Gasteiger partial charge in [-0.2, -0.15) is 4.31 Å². The normalized spacial score (nSPS) is 18.7. The average molecular weight is 690 g/mol. The van der Waals surface area contributed by atoms with Gasteiger partial charge in [-0.3, -0.25) is 19.8 Å². The number of β-amino-alcohol motifs (C(OH)–C–C–N with tert-alkyl or cyclic N) is 2. The van der Waals surface area contributed by atoms with Crippen molar-refractivity contribution >= 4 is 37.5 Å². The second-order valence-corrected chi connectivity index (χ2v) is 13.7. The number of hydrogen-bond acceptors (Lipinski definition) is 9. The number of aliphatic hydroxyl groups is 2. The third-order valence-electron chi connectivity index (χ3n) is 7.80. The highest BCUT2D eigenvalue weighted by Gasteiger charge is 2.31. The van der Waals surface area contributed by atoms with E-state index in [1.54, 1.807) is 35.2 Å². The van der Waals surface area contributed by atoms with Crippen LogP contribution in [0.3, 0.4) is 0 Å². The molecule has 14 heteroatoms. The zero-order valence-electron chi connectivity index (χ0n) is 23.8. The highest BCUT2D eigenvalue weighted by atomic mass is 79.9. The first-order chi connectivity index (χ1) is 21.0. The third kappa shape index (κ3) is 7.45. The van der Waals surface area contributed by atoms with Crippen molar-refractivity contribution < 1.29 is 33.1 Å². The monoisotopic (exact) mass is 688 g/mol. The topological polar surface area (TPSA) is 154 Å². The Morgan fingerprint density at radius 1 is 1.05 bits per heavy atom. The van der Waals surface area contributed by atoms with Crippen LogP contribution in [-0.2, 0) is 16.6 Å². The maximum Gasteiger partial charge on any atom is 0.270 e. The highest BCUT2D eigenvalue weighted by Crippen LogP contribution is 2.31. The first kappa shape index (κ1) is 32.0. The minimum absolute atomic E-state index is 0.0718. The van der Waals surface area contributed by atoms with Crippen LogP contribution in [-0.4, -0.2) is 95.5 Å². The zero-order valence-corrected chi connectivity index (χ0v) is 26.2. The van der Waals surface area contributed by atoms with Crippen molar-refractivity contribution in [3.8, 4) is 5.75 Å². The van der Waals surface area contributed by atoms with Gasteiger partial charge in [0.05, 0.1) is 22.0 Å². The van der Waals surface area contributed by atoms with Gasteiger partial charge in [-0.15, -0.1) is 0 Å². The number of nitrogens with zero attached hydrogens (tertiary/aromatic N) is 4. The molecular weight excluding hydrogens is 656 g/mol. The van der Waals surface area contributed by atoms with Crippen molar-refractivity contribution in [3.63, 3.8) is 0 Å². The van der Waals surface area contributed by atoms with E-state index < -0.39 is 21.1 Å². The van der Waals surface area contributed by atoms with E-state index in [-0.39, 0.29) is 55.4 Å². The van der Waals surface area contributed by atoms with E-state index in [9.17, 15) is 33.5 Å². The van der Waals surface area contributed by atoms with Crippen LogP contribution in [0.5, 0.6) is 5.75 Å². The third-order valence-corrected chi connectivity index (χ3v) is 10.2. The summed E-state index contributed by atoms with van der Waals surface area (Å²) in [7, 11) is -3.94. The smallest absolute Gasteiger partial charge is 0.270 e. The molecule has 2 unspecified atom stereocenters. The zero-order chi connectivity index (χ0) is 31.4. The molecule has 2 aliphatic rings. The summed E-state index contributed by atoms with van der Waals surface area (Å²) in [4.78, 5) is 27.0. The molecule has 2 heterocycles. The van der Waals surface area contributed by atoms with Crippen LogP contribution in [0.4, 0.5) is 5.69 Å². The fourth-order valence-electron chi connectivity index (χ4n) is 5.36. The molecule has 0 saturated carbocycles. The largest absolute Gasteiger partial charge is 0.489 e. The molecule has 12 nitrogen and oxygen atoms in total. The first-order valence-corrected chi connectivity index (χ1v) is 16.4. The predicted octanol–water partition coefficient (Wildman–Crippen LogP) is 3.18. The SMILES string of the molecule is O=C(c1ccc(COc2ccc(Br)cc2C(O)CN2CCC(O)C2)cc1)N1CCN(S(=O)(=O)c2cccc([N+](=O)[O-])c2)CC1. The Balaban J connectivity index is 1.16. The summed E-state index contributed by atoms with van der Waals surface area (Å²) >= 11 is 3.46. The van der Waals surface area contributed by atoms with Crippen LogP contribution >= 0.6 is 15.9 Å². The van der Waals surface area contributed by atoms with Crippen molar-refractivity contribution in [1.82, 2.24) is 14.1 Å². The summed E-state index contributed by atoms with van der Waals surface area (Å²) in [6, 6.07) is 17.4. The molecule has 0 aromatic heterocycles. The van der Waals surface area contributed by atoms with Crippen LogP contribution in [0.15, 0.2) is 76.1 Å². The minimum atomic E-state index is -3.94. The number of carbonyl (C=O) groups excluding carboxylic acids is 1. The number of halogens is 1. The number of rotatable bonds is 10. The Morgan fingerprint density at radius 3 is 2.43 bits per heavy atom. The number of non-ortho nitro benzene ring substituents is 1. The quantitative estimate of drug-likeness (QED) is 0.242. The van der Waals surface area contributed by atoms with Crippen molar-refractivity contribution in [2.24, 2.45) is 0 Å². The fourth-order valence-corrected chi connectivity index (χ4v) is 7.20. The van der Waals surface area contributed by atoms with E-state index in [0.717, 1.165) is 22.6 Å². The van der Waals surface area contributed by atoms with Crippen molar-refractivity contribution in [3.05, 3.63) is 98.0 Å². The Morgan fingerprint density at radius 2 is 1.77 bits per heavy atom. The number of likely N-dealkylation sites (tertiary alicyclic amines) is 1. The number of hydrogen-bond donors (Lipinski definition) is 2. The van der Waals surface area contributed by atoms with Gasteiger partial charge in [0, 0.05) is 73.5 Å². The summed E-state index contributed by atoms with van der Waals surface area (Å²) in [5, 5.41) is 31.8. The maximum atomic E-state index is 13.2. The van der Waals surface area contributed by atoms with Gasteiger partial charge in [0.15, 0.2) is 0 Å². The number of sulfonamides is 1. The van der Waals surface area contributed by atoms with Crippen LogP contribution in [0.1, 0.15) is 34.0 Å². The van der Waals surface area contributed by atoms with Gasteiger partial charge in [-0.05, 0) is 48.4 Å². The number of nitro benzene ring substituents is 1. The van der Waals surface area contributed by atoms with E-state index in [2.05, 4.69) is 15.9 Å². The molecular formula is C30H33BrN4O8S. The number of benzene rings is 3. The van der Waals surface area contributed by atoms with E-state index in [1.807, 2.05) is 17.0 Å². The molecule has 3 aromatic carbocycles. The number of amides is 1. The lowest BCUT2D eigenvalue weighted by atomic mass is 10.1. The van der Waals surface area contributed by atoms with E-state index >= 15 is 0 Å². The molecule has 2 fully saturated rings. The molecule has 234 valence electrons. The lowest BCUT2D eigenvalue weighted by Crippen LogP contribution is -2.50. The van der Waals surface area contributed by atoms with Crippen LogP contribution < -0.4 is 4.74 Å². The maximum absolute atomic E-state index is 13.2. The number of piperazine rings is 1. The molecule has 1 amide bonds. The standard InChI is InChI=1S/C30H33BrN4O8S/c31-23-8-9-29(27(16-23)28(37)19-32-11-10-25(36)18-32)43-20-21-4-6-22(7-5-21)30(38)33-12-14-34(15-13-33)44(41,42)26-3-1-2-24(17-26)35(39)40/h1-9,16-17,25,28,36-37H,10-15,18-20H2. The lowest BCUT2D eigenvalue weighted by Gasteiger charge is -2.34. The molecule has 0 bridgehead atoms. The molecule has 3 aromatic rings.